The molecule has 150 valence electrons. The van der Waals surface area contributed by atoms with Crippen LogP contribution in [-0.4, -0.2) is 25.0 Å². The number of halogens is 1. The van der Waals surface area contributed by atoms with E-state index >= 15 is 0 Å². The first kappa shape index (κ1) is 19.8. The van der Waals surface area contributed by atoms with E-state index in [4.69, 9.17) is 10.00 Å². The van der Waals surface area contributed by atoms with E-state index in [0.717, 1.165) is 17.5 Å². The van der Waals surface area contributed by atoms with Gasteiger partial charge in [-0.2, -0.15) is 5.26 Å². The van der Waals surface area contributed by atoms with Gasteiger partial charge in [0.25, 0.3) is 10.0 Å². The van der Waals surface area contributed by atoms with Gasteiger partial charge in [-0.1, -0.05) is 18.2 Å². The Morgan fingerprint density at radius 2 is 2.00 bits per heavy atom. The zero-order valence-electron chi connectivity index (χ0n) is 15.2. The summed E-state index contributed by atoms with van der Waals surface area (Å²) in [7, 11) is -3.94. The number of hydrogen-bond acceptors (Lipinski definition) is 7. The molecule has 0 saturated heterocycles. The molecule has 2 heterocycles. The third kappa shape index (κ3) is 3.80. The highest BCUT2D eigenvalue weighted by molar-refractivity contribution is 7.93. The van der Waals surface area contributed by atoms with Crippen molar-refractivity contribution in [2.45, 2.75) is 4.90 Å². The SMILES string of the molecule is N#CCOc1ccccc1-c1ncc(F)c2cc(S(=O)(=O)Nc3nccs3)ccc12. The van der Waals surface area contributed by atoms with E-state index in [2.05, 4.69) is 14.7 Å². The zero-order chi connectivity index (χ0) is 21.1. The molecule has 4 aromatic rings. The smallest absolute Gasteiger partial charge is 0.263 e. The summed E-state index contributed by atoms with van der Waals surface area (Å²) >= 11 is 1.14. The zero-order valence-corrected chi connectivity index (χ0v) is 16.9. The lowest BCUT2D eigenvalue weighted by Crippen LogP contribution is -2.12. The van der Waals surface area contributed by atoms with E-state index < -0.39 is 15.8 Å². The molecule has 1 N–H and O–H groups in total. The summed E-state index contributed by atoms with van der Waals surface area (Å²) in [4.78, 5) is 7.99. The van der Waals surface area contributed by atoms with Crippen molar-refractivity contribution in [3.63, 3.8) is 0 Å². The van der Waals surface area contributed by atoms with Crippen molar-refractivity contribution in [1.82, 2.24) is 9.97 Å². The molecule has 0 unspecified atom stereocenters. The summed E-state index contributed by atoms with van der Waals surface area (Å²) in [5.74, 6) is -0.239. The summed E-state index contributed by atoms with van der Waals surface area (Å²) in [6, 6.07) is 13.0. The van der Waals surface area contributed by atoms with E-state index in [9.17, 15) is 12.8 Å². The molecule has 0 saturated carbocycles. The molecule has 30 heavy (non-hydrogen) atoms. The Morgan fingerprint density at radius 3 is 2.77 bits per heavy atom. The molecule has 0 atom stereocenters. The summed E-state index contributed by atoms with van der Waals surface area (Å²) in [6.45, 7) is -0.152. The van der Waals surface area contributed by atoms with Crippen LogP contribution in [0.2, 0.25) is 0 Å². The van der Waals surface area contributed by atoms with Crippen molar-refractivity contribution >= 4 is 37.3 Å². The maximum absolute atomic E-state index is 14.6. The number of aromatic nitrogens is 2. The molecule has 0 radical (unpaired) electrons. The first-order chi connectivity index (χ1) is 14.5. The molecule has 0 fully saturated rings. The lowest BCUT2D eigenvalue weighted by Gasteiger charge is -2.12. The van der Waals surface area contributed by atoms with Gasteiger partial charge < -0.3 is 4.74 Å². The van der Waals surface area contributed by atoms with Crippen LogP contribution in [0.4, 0.5) is 9.52 Å². The highest BCUT2D eigenvalue weighted by Crippen LogP contribution is 2.35. The van der Waals surface area contributed by atoms with Crippen LogP contribution >= 0.6 is 11.3 Å². The number of anilines is 1. The third-order valence-corrected chi connectivity index (χ3v) is 6.36. The van der Waals surface area contributed by atoms with Crippen LogP contribution in [0.5, 0.6) is 5.75 Å². The predicted molar refractivity (Wildman–Crippen MR) is 111 cm³/mol. The number of fused-ring (bicyclic) bond motifs is 1. The average molecular weight is 440 g/mol. The monoisotopic (exact) mass is 440 g/mol. The minimum atomic E-state index is -3.94. The molecule has 2 aromatic carbocycles. The van der Waals surface area contributed by atoms with Crippen molar-refractivity contribution in [3.8, 4) is 23.1 Å². The Balaban J connectivity index is 1.83. The van der Waals surface area contributed by atoms with Crippen molar-refractivity contribution in [2.24, 2.45) is 0 Å². The molecule has 0 aliphatic carbocycles. The van der Waals surface area contributed by atoms with Crippen molar-refractivity contribution in [1.29, 1.82) is 5.26 Å². The average Bonchev–Trinajstić information content (AvgIpc) is 3.25. The van der Waals surface area contributed by atoms with Crippen LogP contribution in [0.25, 0.3) is 22.0 Å². The fraction of sp³-hybridized carbons (Fsp3) is 0.0500. The highest BCUT2D eigenvalue weighted by Gasteiger charge is 2.19. The fourth-order valence-corrected chi connectivity index (χ4v) is 4.73. The molecule has 0 spiro atoms. The maximum Gasteiger partial charge on any atom is 0.263 e. The van der Waals surface area contributed by atoms with Crippen molar-refractivity contribution in [2.75, 3.05) is 11.3 Å². The van der Waals surface area contributed by atoms with Gasteiger partial charge >= 0.3 is 0 Å². The van der Waals surface area contributed by atoms with E-state index in [0.29, 0.717) is 22.4 Å². The molecule has 0 aliphatic heterocycles. The Kier molecular flexibility index (Phi) is 5.31. The molecule has 0 aliphatic rings. The van der Waals surface area contributed by atoms with E-state index in [-0.39, 0.29) is 22.0 Å². The number of nitrogens with one attached hydrogen (secondary N) is 1. The number of ether oxygens (including phenoxy) is 1. The molecule has 4 rings (SSSR count). The van der Waals surface area contributed by atoms with Crippen LogP contribution in [0.3, 0.4) is 0 Å². The molecular formula is C20H13FN4O3S2. The van der Waals surface area contributed by atoms with Gasteiger partial charge in [-0.25, -0.2) is 17.8 Å². The number of rotatable bonds is 6. The third-order valence-electron chi connectivity index (χ3n) is 4.21. The maximum atomic E-state index is 14.6. The molecule has 7 nitrogen and oxygen atoms in total. The van der Waals surface area contributed by atoms with Crippen LogP contribution in [0, 0.1) is 17.1 Å². The topological polar surface area (TPSA) is 105 Å². The van der Waals surface area contributed by atoms with E-state index in [1.807, 2.05) is 6.07 Å². The van der Waals surface area contributed by atoms with Gasteiger partial charge in [0.15, 0.2) is 11.7 Å². The minimum absolute atomic E-state index is 0.0945. The van der Waals surface area contributed by atoms with Gasteiger partial charge in [-0.3, -0.25) is 9.71 Å². The second-order valence-electron chi connectivity index (χ2n) is 6.05. The first-order valence-corrected chi connectivity index (χ1v) is 11.0. The first-order valence-electron chi connectivity index (χ1n) is 8.59. The van der Waals surface area contributed by atoms with E-state index in [1.165, 1.54) is 24.4 Å². The minimum Gasteiger partial charge on any atom is -0.478 e. The second kappa shape index (κ2) is 8.06. The molecule has 2 aromatic heterocycles. The summed E-state index contributed by atoms with van der Waals surface area (Å²) in [5.41, 5.74) is 0.978. The number of sulfonamides is 1. The van der Waals surface area contributed by atoms with E-state index in [1.54, 1.807) is 29.6 Å². The van der Waals surface area contributed by atoms with Gasteiger partial charge in [0.2, 0.25) is 0 Å². The van der Waals surface area contributed by atoms with Crippen molar-refractivity contribution in [3.05, 3.63) is 66.1 Å². The number of para-hydroxylation sites is 1. The van der Waals surface area contributed by atoms with Gasteiger partial charge in [0, 0.05) is 27.9 Å². The fourth-order valence-electron chi connectivity index (χ4n) is 2.92. The van der Waals surface area contributed by atoms with Crippen LogP contribution < -0.4 is 9.46 Å². The van der Waals surface area contributed by atoms with Crippen LogP contribution in [-0.2, 0) is 10.0 Å². The number of pyridine rings is 1. The molecule has 0 bridgehead atoms. The van der Waals surface area contributed by atoms with Crippen molar-refractivity contribution < 1.29 is 17.5 Å². The lowest BCUT2D eigenvalue weighted by molar-refractivity contribution is 0.369. The molecule has 10 heteroatoms. The number of nitriles is 1. The summed E-state index contributed by atoms with van der Waals surface area (Å²) < 4.78 is 47.7. The number of nitrogens with zero attached hydrogens (tertiary/aromatic N) is 3. The van der Waals surface area contributed by atoms with Gasteiger partial charge in [0.1, 0.15) is 17.6 Å². The number of hydrogen-bond donors (Lipinski definition) is 1. The predicted octanol–water partition coefficient (Wildman–Crippen LogP) is 4.20. The van der Waals surface area contributed by atoms with Gasteiger partial charge in [-0.15, -0.1) is 11.3 Å². The molecule has 0 amide bonds. The second-order valence-corrected chi connectivity index (χ2v) is 8.62. The summed E-state index contributed by atoms with van der Waals surface area (Å²) in [5, 5.41) is 11.2. The Morgan fingerprint density at radius 1 is 1.17 bits per heavy atom. The van der Waals surface area contributed by atoms with Crippen LogP contribution in [0.1, 0.15) is 0 Å². The van der Waals surface area contributed by atoms with Gasteiger partial charge in [0.05, 0.1) is 16.8 Å². The van der Waals surface area contributed by atoms with Crippen LogP contribution in [0.15, 0.2) is 65.1 Å². The normalized spacial score (nSPS) is 11.2. The highest BCUT2D eigenvalue weighted by atomic mass is 32.2. The Hall–Kier alpha value is -3.55. The number of thiazole rings is 1. The largest absolute Gasteiger partial charge is 0.478 e. The number of benzene rings is 2. The van der Waals surface area contributed by atoms with Gasteiger partial charge in [-0.05, 0) is 24.3 Å². The standard InChI is InChI=1S/C20H13FN4O3S2/c21-17-12-24-19(15-3-1-2-4-18(15)28-9-7-22)14-6-5-13(11-16(14)17)30(26,27)25-20-23-8-10-29-20/h1-6,8,10-12H,9H2,(H,23,25). The summed E-state index contributed by atoms with van der Waals surface area (Å²) in [6.07, 6.45) is 2.51. The molecular weight excluding hydrogens is 427 g/mol. The Bertz CT molecular complexity index is 1370. The Labute approximate surface area is 175 Å². The quantitative estimate of drug-likeness (QED) is 0.482. The lowest BCUT2D eigenvalue weighted by atomic mass is 10.0.